The summed E-state index contributed by atoms with van der Waals surface area (Å²) in [6, 6.07) is 6.85. The Morgan fingerprint density at radius 1 is 1.23 bits per heavy atom. The number of allylic oxidation sites excluding steroid dienone is 3. The molecular formula is C22H17Cl2F3N2S. The zero-order valence-electron chi connectivity index (χ0n) is 15.9. The highest BCUT2D eigenvalue weighted by Crippen LogP contribution is 2.44. The van der Waals surface area contributed by atoms with Crippen LogP contribution in [-0.2, 0) is 12.6 Å². The Morgan fingerprint density at radius 2 is 2.00 bits per heavy atom. The van der Waals surface area contributed by atoms with Crippen molar-refractivity contribution < 1.29 is 13.2 Å². The third kappa shape index (κ3) is 4.13. The normalized spacial score (nSPS) is 16.9. The van der Waals surface area contributed by atoms with Gasteiger partial charge in [-0.25, -0.2) is 4.98 Å². The van der Waals surface area contributed by atoms with Crippen LogP contribution in [0.3, 0.4) is 0 Å². The SMILES string of the molecule is CSC1=CCC(Cc2nc3c(Cl)c(-c4ccccc4C(F)(F)F)c(Cl)cc3[nH]2)C=C1. The first kappa shape index (κ1) is 21.3. The second-order valence-corrected chi connectivity index (χ2v) is 8.70. The van der Waals surface area contributed by atoms with E-state index in [1.165, 1.54) is 23.1 Å². The molecular weight excluding hydrogens is 452 g/mol. The van der Waals surface area contributed by atoms with Gasteiger partial charge >= 0.3 is 6.18 Å². The Labute approximate surface area is 186 Å². The molecule has 1 heterocycles. The Morgan fingerprint density at radius 3 is 2.67 bits per heavy atom. The molecule has 1 aliphatic rings. The van der Waals surface area contributed by atoms with Crippen molar-refractivity contribution in [2.45, 2.75) is 19.0 Å². The van der Waals surface area contributed by atoms with Crippen molar-refractivity contribution in [2.24, 2.45) is 5.92 Å². The number of benzene rings is 2. The number of hydrogen-bond acceptors (Lipinski definition) is 2. The van der Waals surface area contributed by atoms with Gasteiger partial charge in [-0.05, 0) is 36.3 Å². The summed E-state index contributed by atoms with van der Waals surface area (Å²) in [6.07, 6.45) is 5.53. The fraction of sp³-hybridized carbons (Fsp3) is 0.227. The lowest BCUT2D eigenvalue weighted by molar-refractivity contribution is -0.137. The van der Waals surface area contributed by atoms with Crippen molar-refractivity contribution in [3.05, 3.63) is 74.9 Å². The molecule has 30 heavy (non-hydrogen) atoms. The number of aromatic amines is 1. The highest BCUT2D eigenvalue weighted by atomic mass is 35.5. The second kappa shape index (κ2) is 8.33. The molecule has 0 aliphatic heterocycles. The van der Waals surface area contributed by atoms with E-state index in [4.69, 9.17) is 23.2 Å². The van der Waals surface area contributed by atoms with E-state index < -0.39 is 11.7 Å². The third-order valence-corrected chi connectivity index (χ3v) is 6.51. The fourth-order valence-corrected chi connectivity index (χ4v) is 4.80. The molecule has 0 saturated carbocycles. The topological polar surface area (TPSA) is 28.7 Å². The number of nitrogens with zero attached hydrogens (tertiary/aromatic N) is 1. The van der Waals surface area contributed by atoms with Gasteiger partial charge in [-0.1, -0.05) is 59.6 Å². The standard InChI is InChI=1S/C22H17Cl2F3N2S/c1-30-13-8-6-12(7-9-13)10-18-28-17-11-16(23)19(20(24)21(17)29-18)14-4-2-3-5-15(14)22(25,26)27/h2-6,8-9,11-12H,7,10H2,1H3,(H,28,29). The maximum Gasteiger partial charge on any atom is 0.417 e. The minimum Gasteiger partial charge on any atom is -0.342 e. The van der Waals surface area contributed by atoms with Gasteiger partial charge in [0.2, 0.25) is 0 Å². The summed E-state index contributed by atoms with van der Waals surface area (Å²) in [4.78, 5) is 9.02. The number of rotatable bonds is 4. The minimum absolute atomic E-state index is 0.0589. The van der Waals surface area contributed by atoms with Gasteiger partial charge in [0.15, 0.2) is 0 Å². The molecule has 1 aromatic heterocycles. The lowest BCUT2D eigenvalue weighted by Gasteiger charge is -2.15. The van der Waals surface area contributed by atoms with Crippen LogP contribution in [0.25, 0.3) is 22.2 Å². The smallest absolute Gasteiger partial charge is 0.342 e. The molecule has 0 saturated heterocycles. The maximum absolute atomic E-state index is 13.5. The number of aromatic nitrogens is 2. The number of alkyl halides is 3. The van der Waals surface area contributed by atoms with Crippen LogP contribution in [0.15, 0.2) is 53.5 Å². The van der Waals surface area contributed by atoms with Crippen molar-refractivity contribution in [3.63, 3.8) is 0 Å². The van der Waals surface area contributed by atoms with Crippen LogP contribution in [0, 0.1) is 5.92 Å². The molecule has 1 atom stereocenters. The van der Waals surface area contributed by atoms with Crippen LogP contribution < -0.4 is 0 Å². The van der Waals surface area contributed by atoms with Crippen molar-refractivity contribution in [1.29, 1.82) is 0 Å². The van der Waals surface area contributed by atoms with Gasteiger partial charge in [0.25, 0.3) is 0 Å². The molecule has 156 valence electrons. The average molecular weight is 469 g/mol. The molecule has 1 unspecified atom stereocenters. The highest BCUT2D eigenvalue weighted by molar-refractivity contribution is 8.02. The Hall–Kier alpha value is -1.89. The molecule has 0 spiro atoms. The van der Waals surface area contributed by atoms with Crippen LogP contribution in [0.1, 0.15) is 17.8 Å². The van der Waals surface area contributed by atoms with Crippen LogP contribution in [0.4, 0.5) is 13.2 Å². The predicted octanol–water partition coefficient (Wildman–Crippen LogP) is 7.92. The summed E-state index contributed by atoms with van der Waals surface area (Å²) in [5.41, 5.74) is 0.322. The van der Waals surface area contributed by atoms with Crippen molar-refractivity contribution in [3.8, 4) is 11.1 Å². The number of fused-ring (bicyclic) bond motifs is 1. The van der Waals surface area contributed by atoms with E-state index in [9.17, 15) is 13.2 Å². The molecule has 0 amide bonds. The van der Waals surface area contributed by atoms with Crippen molar-refractivity contribution in [1.82, 2.24) is 9.97 Å². The molecule has 0 radical (unpaired) electrons. The van der Waals surface area contributed by atoms with Gasteiger partial charge in [0.05, 0.1) is 21.1 Å². The zero-order chi connectivity index (χ0) is 21.5. The first-order valence-corrected chi connectivity index (χ1v) is 11.2. The largest absolute Gasteiger partial charge is 0.417 e. The van der Waals surface area contributed by atoms with E-state index in [-0.39, 0.29) is 21.2 Å². The molecule has 2 aromatic carbocycles. The number of nitrogens with one attached hydrogen (secondary N) is 1. The molecule has 8 heteroatoms. The summed E-state index contributed by atoms with van der Waals surface area (Å²) in [5, 5.41) is 0.255. The Bertz CT molecular complexity index is 1170. The molecule has 4 rings (SSSR count). The minimum atomic E-state index is -4.52. The number of imidazole rings is 1. The number of thioether (sulfide) groups is 1. The molecule has 0 bridgehead atoms. The maximum atomic E-state index is 13.5. The quantitative estimate of drug-likeness (QED) is 0.421. The van der Waals surface area contributed by atoms with Gasteiger partial charge in [0, 0.05) is 16.9 Å². The van der Waals surface area contributed by atoms with Crippen molar-refractivity contribution >= 4 is 46.0 Å². The molecule has 3 aromatic rings. The Kier molecular flexibility index (Phi) is 5.93. The summed E-state index contributed by atoms with van der Waals surface area (Å²) in [6.45, 7) is 0. The van der Waals surface area contributed by atoms with Crippen LogP contribution in [0.5, 0.6) is 0 Å². The molecule has 1 aliphatic carbocycles. The van der Waals surface area contributed by atoms with E-state index in [2.05, 4.69) is 28.2 Å². The summed E-state index contributed by atoms with van der Waals surface area (Å²) >= 11 is 14.6. The number of H-pyrrole nitrogens is 1. The fourth-order valence-electron chi connectivity index (χ4n) is 3.62. The second-order valence-electron chi connectivity index (χ2n) is 7.04. The van der Waals surface area contributed by atoms with E-state index in [0.717, 1.165) is 18.3 Å². The van der Waals surface area contributed by atoms with E-state index >= 15 is 0 Å². The highest BCUT2D eigenvalue weighted by Gasteiger charge is 2.34. The van der Waals surface area contributed by atoms with E-state index in [1.807, 2.05) is 6.26 Å². The van der Waals surface area contributed by atoms with Gasteiger partial charge in [0.1, 0.15) is 11.3 Å². The lowest BCUT2D eigenvalue weighted by Crippen LogP contribution is -2.07. The average Bonchev–Trinajstić information content (AvgIpc) is 3.10. The Balaban J connectivity index is 1.73. The van der Waals surface area contributed by atoms with Crippen LogP contribution in [-0.4, -0.2) is 16.2 Å². The van der Waals surface area contributed by atoms with Crippen LogP contribution >= 0.6 is 35.0 Å². The van der Waals surface area contributed by atoms with Gasteiger partial charge in [-0.3, -0.25) is 0 Å². The van der Waals surface area contributed by atoms with E-state index in [0.29, 0.717) is 23.4 Å². The van der Waals surface area contributed by atoms with Gasteiger partial charge < -0.3 is 4.98 Å². The number of hydrogen-bond donors (Lipinski definition) is 1. The van der Waals surface area contributed by atoms with Crippen LogP contribution in [0.2, 0.25) is 10.0 Å². The van der Waals surface area contributed by atoms with Gasteiger partial charge in [-0.2, -0.15) is 13.2 Å². The monoisotopic (exact) mass is 468 g/mol. The molecule has 2 nitrogen and oxygen atoms in total. The summed E-state index contributed by atoms with van der Waals surface area (Å²) < 4.78 is 40.5. The van der Waals surface area contributed by atoms with Gasteiger partial charge in [-0.15, -0.1) is 11.8 Å². The van der Waals surface area contributed by atoms with E-state index in [1.54, 1.807) is 17.8 Å². The lowest BCUT2D eigenvalue weighted by atomic mass is 9.97. The zero-order valence-corrected chi connectivity index (χ0v) is 18.2. The molecule has 0 fully saturated rings. The first-order valence-electron chi connectivity index (χ1n) is 9.23. The number of halogens is 5. The first-order chi connectivity index (χ1) is 14.3. The third-order valence-electron chi connectivity index (χ3n) is 5.07. The summed E-state index contributed by atoms with van der Waals surface area (Å²) in [5.74, 6) is 1.01. The van der Waals surface area contributed by atoms with Crippen molar-refractivity contribution in [2.75, 3.05) is 6.26 Å². The molecule has 1 N–H and O–H groups in total. The summed E-state index contributed by atoms with van der Waals surface area (Å²) in [7, 11) is 0. The predicted molar refractivity (Wildman–Crippen MR) is 119 cm³/mol.